The Bertz CT molecular complexity index is 582. The van der Waals surface area contributed by atoms with Crippen LogP contribution in [0.3, 0.4) is 0 Å². The van der Waals surface area contributed by atoms with E-state index in [0.29, 0.717) is 45.0 Å². The van der Waals surface area contributed by atoms with Crippen molar-refractivity contribution >= 4 is 6.03 Å². The van der Waals surface area contributed by atoms with Gasteiger partial charge in [0.05, 0.1) is 0 Å². The molecule has 24 heavy (non-hydrogen) atoms. The number of fused-ring (bicyclic) bond motifs is 1. The van der Waals surface area contributed by atoms with Crippen molar-refractivity contribution in [3.8, 4) is 0 Å². The average Bonchev–Trinajstić information content (AvgIpc) is 2.97. The quantitative estimate of drug-likeness (QED) is 0.879. The van der Waals surface area contributed by atoms with Gasteiger partial charge in [0.25, 0.3) is 0 Å². The van der Waals surface area contributed by atoms with Gasteiger partial charge in [-0.2, -0.15) is 13.2 Å². The minimum Gasteiger partial charge on any atom is -0.381 e. The summed E-state index contributed by atoms with van der Waals surface area (Å²) in [6.07, 6.45) is -0.550. The van der Waals surface area contributed by atoms with Gasteiger partial charge in [-0.05, 0) is 25.2 Å². The van der Waals surface area contributed by atoms with E-state index < -0.39 is 11.9 Å². The molecule has 2 N–H and O–H groups in total. The monoisotopic (exact) mass is 346 g/mol. The Morgan fingerprint density at radius 3 is 2.79 bits per heavy atom. The standard InChI is InChI=1S/C15H21F3N4O2/c16-15(17,18)12-9-22-8-10(1-2-13(22)21-12)7-19-14(23)20-11-3-5-24-6-4-11/h9-11H,1-8H2,(H2,19,20,23)/t10-/m0/s1. The normalized spacial score (nSPS) is 22.0. The number of aryl methyl sites for hydroxylation is 1. The molecule has 134 valence electrons. The van der Waals surface area contributed by atoms with Crippen LogP contribution in [0, 0.1) is 5.92 Å². The lowest BCUT2D eigenvalue weighted by atomic mass is 9.99. The maximum absolute atomic E-state index is 12.7. The van der Waals surface area contributed by atoms with E-state index in [1.807, 2.05) is 0 Å². The number of nitrogens with zero attached hydrogens (tertiary/aromatic N) is 2. The molecule has 0 bridgehead atoms. The number of carbonyl (C=O) groups excluding carboxylic acids is 1. The van der Waals surface area contributed by atoms with Crippen LogP contribution in [0.5, 0.6) is 0 Å². The van der Waals surface area contributed by atoms with Crippen molar-refractivity contribution in [3.63, 3.8) is 0 Å². The highest BCUT2D eigenvalue weighted by atomic mass is 19.4. The molecule has 1 atom stereocenters. The lowest BCUT2D eigenvalue weighted by Gasteiger charge is -2.26. The number of urea groups is 1. The van der Waals surface area contributed by atoms with Gasteiger partial charge in [0.15, 0.2) is 5.69 Å². The smallest absolute Gasteiger partial charge is 0.381 e. The molecular weight excluding hydrogens is 325 g/mol. The first-order valence-electron chi connectivity index (χ1n) is 8.17. The molecule has 3 rings (SSSR count). The van der Waals surface area contributed by atoms with Crippen molar-refractivity contribution < 1.29 is 22.7 Å². The van der Waals surface area contributed by atoms with Crippen LogP contribution in [0.2, 0.25) is 0 Å². The number of alkyl halides is 3. The van der Waals surface area contributed by atoms with Crippen LogP contribution in [0.1, 0.15) is 30.8 Å². The number of halogens is 3. The second-order valence-electron chi connectivity index (χ2n) is 6.34. The molecular formula is C15H21F3N4O2. The summed E-state index contributed by atoms with van der Waals surface area (Å²) >= 11 is 0. The van der Waals surface area contributed by atoms with Gasteiger partial charge in [-0.25, -0.2) is 9.78 Å². The predicted octanol–water partition coefficient (Wildman–Crippen LogP) is 1.94. The minimum absolute atomic E-state index is 0.105. The maximum atomic E-state index is 12.7. The van der Waals surface area contributed by atoms with E-state index in [4.69, 9.17) is 4.74 Å². The van der Waals surface area contributed by atoms with Crippen molar-refractivity contribution in [2.24, 2.45) is 5.92 Å². The number of carbonyl (C=O) groups is 1. The highest BCUT2D eigenvalue weighted by Gasteiger charge is 2.35. The number of ether oxygens (including phenoxy) is 1. The second kappa shape index (κ2) is 7.00. The maximum Gasteiger partial charge on any atom is 0.434 e. The summed E-state index contributed by atoms with van der Waals surface area (Å²) in [4.78, 5) is 15.6. The van der Waals surface area contributed by atoms with Crippen LogP contribution in [-0.2, 0) is 23.9 Å². The van der Waals surface area contributed by atoms with Crippen molar-refractivity contribution in [1.82, 2.24) is 20.2 Å². The molecule has 2 amide bonds. The molecule has 0 aliphatic carbocycles. The number of amides is 2. The van der Waals surface area contributed by atoms with E-state index in [1.54, 1.807) is 4.57 Å². The third-order valence-electron chi connectivity index (χ3n) is 4.49. The predicted molar refractivity (Wildman–Crippen MR) is 79.4 cm³/mol. The molecule has 3 heterocycles. The fourth-order valence-electron chi connectivity index (χ4n) is 3.13. The van der Waals surface area contributed by atoms with E-state index in [1.165, 1.54) is 0 Å². The zero-order chi connectivity index (χ0) is 17.2. The van der Waals surface area contributed by atoms with Crippen LogP contribution in [0.25, 0.3) is 0 Å². The van der Waals surface area contributed by atoms with Crippen LogP contribution < -0.4 is 10.6 Å². The van der Waals surface area contributed by atoms with Gasteiger partial charge >= 0.3 is 12.2 Å². The first-order valence-corrected chi connectivity index (χ1v) is 8.17. The molecule has 2 aliphatic heterocycles. The van der Waals surface area contributed by atoms with Gasteiger partial charge < -0.3 is 19.9 Å². The van der Waals surface area contributed by atoms with Crippen molar-refractivity contribution in [2.45, 2.75) is 44.4 Å². The molecule has 0 aromatic carbocycles. The van der Waals surface area contributed by atoms with Crippen molar-refractivity contribution in [2.75, 3.05) is 19.8 Å². The summed E-state index contributed by atoms with van der Waals surface area (Å²) in [5.41, 5.74) is -0.844. The van der Waals surface area contributed by atoms with Crippen molar-refractivity contribution in [3.05, 3.63) is 17.7 Å². The lowest BCUT2D eigenvalue weighted by Crippen LogP contribution is -2.46. The number of aromatic nitrogens is 2. The molecule has 0 spiro atoms. The topological polar surface area (TPSA) is 68.2 Å². The Morgan fingerprint density at radius 2 is 2.08 bits per heavy atom. The van der Waals surface area contributed by atoms with Gasteiger partial charge in [-0.3, -0.25) is 0 Å². The van der Waals surface area contributed by atoms with Crippen molar-refractivity contribution in [1.29, 1.82) is 0 Å². The molecule has 1 saturated heterocycles. The van der Waals surface area contributed by atoms with Gasteiger partial charge in [0.1, 0.15) is 5.82 Å². The number of hydrogen-bond donors (Lipinski definition) is 2. The first kappa shape index (κ1) is 17.1. The van der Waals surface area contributed by atoms with Crippen LogP contribution in [-0.4, -0.2) is 41.4 Å². The van der Waals surface area contributed by atoms with Gasteiger partial charge in [0.2, 0.25) is 0 Å². The molecule has 0 radical (unpaired) electrons. The summed E-state index contributed by atoms with van der Waals surface area (Å²) in [7, 11) is 0. The Morgan fingerprint density at radius 1 is 1.33 bits per heavy atom. The molecule has 0 unspecified atom stereocenters. The minimum atomic E-state index is -4.41. The summed E-state index contributed by atoms with van der Waals surface area (Å²) in [6, 6.07) is -0.103. The molecule has 0 saturated carbocycles. The zero-order valence-electron chi connectivity index (χ0n) is 13.2. The lowest BCUT2D eigenvalue weighted by molar-refractivity contribution is -0.141. The summed E-state index contributed by atoms with van der Waals surface area (Å²) in [5, 5.41) is 5.72. The van der Waals surface area contributed by atoms with E-state index in [0.717, 1.165) is 19.0 Å². The van der Waals surface area contributed by atoms with Crippen LogP contribution >= 0.6 is 0 Å². The average molecular weight is 346 g/mol. The third kappa shape index (κ3) is 4.19. The fraction of sp³-hybridized carbons (Fsp3) is 0.733. The zero-order valence-corrected chi connectivity index (χ0v) is 13.2. The molecule has 9 heteroatoms. The Kier molecular flexibility index (Phi) is 4.98. The van der Waals surface area contributed by atoms with Crippen LogP contribution in [0.15, 0.2) is 6.20 Å². The Hall–Kier alpha value is -1.77. The molecule has 2 aliphatic rings. The van der Waals surface area contributed by atoms with Crippen LogP contribution in [0.4, 0.5) is 18.0 Å². The van der Waals surface area contributed by atoms with E-state index in [2.05, 4.69) is 15.6 Å². The second-order valence-corrected chi connectivity index (χ2v) is 6.34. The number of nitrogens with one attached hydrogen (secondary N) is 2. The highest BCUT2D eigenvalue weighted by Crippen LogP contribution is 2.30. The Labute approximate surface area is 137 Å². The summed E-state index contributed by atoms with van der Waals surface area (Å²) in [6.45, 7) is 2.18. The van der Waals surface area contributed by atoms with Gasteiger partial charge in [-0.1, -0.05) is 0 Å². The largest absolute Gasteiger partial charge is 0.434 e. The number of hydrogen-bond acceptors (Lipinski definition) is 3. The first-order chi connectivity index (χ1) is 11.4. The van der Waals surface area contributed by atoms with E-state index >= 15 is 0 Å². The molecule has 1 aromatic heterocycles. The third-order valence-corrected chi connectivity index (χ3v) is 4.49. The van der Waals surface area contributed by atoms with Gasteiger partial charge in [-0.15, -0.1) is 0 Å². The number of imidazole rings is 1. The van der Waals surface area contributed by atoms with Gasteiger partial charge in [0, 0.05) is 45.0 Å². The van der Waals surface area contributed by atoms with E-state index in [-0.39, 0.29) is 18.0 Å². The number of rotatable bonds is 3. The molecule has 1 aromatic rings. The fourth-order valence-corrected chi connectivity index (χ4v) is 3.13. The molecule has 1 fully saturated rings. The summed E-state index contributed by atoms with van der Waals surface area (Å²) in [5.74, 6) is 0.568. The highest BCUT2D eigenvalue weighted by molar-refractivity contribution is 5.74. The SMILES string of the molecule is O=C(NC[C@@H]1CCc2nc(C(F)(F)F)cn2C1)NC1CCOCC1. The molecule has 6 nitrogen and oxygen atoms in total. The summed E-state index contributed by atoms with van der Waals surface area (Å²) < 4.78 is 44.9. The van der Waals surface area contributed by atoms with E-state index in [9.17, 15) is 18.0 Å². The Balaban J connectivity index is 1.47.